The molecule has 0 radical (unpaired) electrons. The second-order valence-corrected chi connectivity index (χ2v) is 2.89. The quantitative estimate of drug-likeness (QED) is 0.761. The molecular formula is C9H6ClNO2. The van der Waals surface area contributed by atoms with Crippen LogP contribution >= 0.6 is 11.6 Å². The van der Waals surface area contributed by atoms with Gasteiger partial charge in [-0.05, 0) is 0 Å². The van der Waals surface area contributed by atoms with Gasteiger partial charge in [-0.15, -0.1) is 0 Å². The summed E-state index contributed by atoms with van der Waals surface area (Å²) in [5, 5.41) is 12.8. The molecule has 1 N–H and O–H groups in total. The summed E-state index contributed by atoms with van der Waals surface area (Å²) in [7, 11) is 0. The summed E-state index contributed by atoms with van der Waals surface area (Å²) >= 11 is 5.74. The van der Waals surface area contributed by atoms with E-state index < -0.39 is 0 Å². The van der Waals surface area contributed by atoms with Gasteiger partial charge in [0.2, 0.25) is 0 Å². The van der Waals surface area contributed by atoms with Crippen molar-refractivity contribution in [1.82, 2.24) is 5.16 Å². The molecule has 0 saturated heterocycles. The number of hydrogen-bond donors (Lipinski definition) is 1. The zero-order valence-electron chi connectivity index (χ0n) is 6.57. The van der Waals surface area contributed by atoms with Gasteiger partial charge in [-0.3, -0.25) is 0 Å². The first kappa shape index (κ1) is 8.13. The third kappa shape index (κ3) is 1.38. The number of halogens is 1. The monoisotopic (exact) mass is 195 g/mol. The van der Waals surface area contributed by atoms with Crippen molar-refractivity contribution in [2.45, 2.75) is 0 Å². The van der Waals surface area contributed by atoms with Gasteiger partial charge in [0.15, 0.2) is 5.02 Å². The Balaban J connectivity index is 2.53. The molecule has 1 heterocycles. The van der Waals surface area contributed by atoms with Crippen molar-refractivity contribution >= 4 is 11.6 Å². The fourth-order valence-corrected chi connectivity index (χ4v) is 1.22. The highest BCUT2D eigenvalue weighted by molar-refractivity contribution is 6.34. The lowest BCUT2D eigenvalue weighted by molar-refractivity contribution is 0.279. The fourth-order valence-electron chi connectivity index (χ4n) is 1.05. The lowest BCUT2D eigenvalue weighted by Crippen LogP contribution is -1.75. The topological polar surface area (TPSA) is 46.3 Å². The molecule has 4 heteroatoms. The third-order valence-electron chi connectivity index (χ3n) is 1.67. The molecule has 0 atom stereocenters. The number of aromatic hydroxyl groups is 1. The summed E-state index contributed by atoms with van der Waals surface area (Å²) in [5.74, 6) is -0.347. The minimum Gasteiger partial charge on any atom is -0.478 e. The molecule has 2 aromatic rings. The first-order chi connectivity index (χ1) is 6.29. The van der Waals surface area contributed by atoms with Crippen molar-refractivity contribution in [1.29, 1.82) is 0 Å². The molecule has 1 aromatic heterocycles. The molecule has 0 bridgehead atoms. The maximum Gasteiger partial charge on any atom is 0.328 e. The van der Waals surface area contributed by atoms with Gasteiger partial charge >= 0.3 is 5.95 Å². The van der Waals surface area contributed by atoms with Crippen LogP contribution in [0.3, 0.4) is 0 Å². The molecular weight excluding hydrogens is 190 g/mol. The van der Waals surface area contributed by atoms with Crippen LogP contribution < -0.4 is 0 Å². The lowest BCUT2D eigenvalue weighted by Gasteiger charge is -1.93. The summed E-state index contributed by atoms with van der Waals surface area (Å²) in [4.78, 5) is 0. The fraction of sp³-hybridized carbons (Fsp3) is 0. The molecule has 0 aliphatic carbocycles. The number of hydrogen-bond acceptors (Lipinski definition) is 3. The highest BCUT2D eigenvalue weighted by atomic mass is 35.5. The Morgan fingerprint density at radius 2 is 1.92 bits per heavy atom. The predicted molar refractivity (Wildman–Crippen MR) is 48.6 cm³/mol. The molecule has 0 unspecified atom stereocenters. The standard InChI is InChI=1S/C9H6ClNO2/c10-7-8(11-13-9(7)12)6-4-2-1-3-5-6/h1-5,12H. The van der Waals surface area contributed by atoms with E-state index in [4.69, 9.17) is 16.7 Å². The van der Waals surface area contributed by atoms with E-state index in [9.17, 15) is 0 Å². The number of aromatic nitrogens is 1. The lowest BCUT2D eigenvalue weighted by atomic mass is 10.2. The molecule has 0 aliphatic rings. The van der Waals surface area contributed by atoms with Crippen LogP contribution in [0.15, 0.2) is 34.9 Å². The number of rotatable bonds is 1. The van der Waals surface area contributed by atoms with Crippen LogP contribution in [-0.4, -0.2) is 10.3 Å². The Bertz CT molecular complexity index is 411. The van der Waals surface area contributed by atoms with Gasteiger partial charge in [0.25, 0.3) is 0 Å². The van der Waals surface area contributed by atoms with Gasteiger partial charge in [-0.1, -0.05) is 47.1 Å². The van der Waals surface area contributed by atoms with E-state index in [2.05, 4.69) is 9.68 Å². The minimum absolute atomic E-state index is 0.145. The molecule has 13 heavy (non-hydrogen) atoms. The maximum absolute atomic E-state index is 9.04. The van der Waals surface area contributed by atoms with Crippen molar-refractivity contribution < 1.29 is 9.63 Å². The van der Waals surface area contributed by atoms with Crippen molar-refractivity contribution in [3.63, 3.8) is 0 Å². The second kappa shape index (κ2) is 3.11. The molecule has 3 nitrogen and oxygen atoms in total. The summed E-state index contributed by atoms with van der Waals surface area (Å²) in [6.07, 6.45) is 0. The summed E-state index contributed by atoms with van der Waals surface area (Å²) in [6.45, 7) is 0. The van der Waals surface area contributed by atoms with E-state index in [1.165, 1.54) is 0 Å². The molecule has 0 amide bonds. The Labute approximate surface area is 79.6 Å². The summed E-state index contributed by atoms with van der Waals surface area (Å²) in [5.41, 5.74) is 1.27. The average molecular weight is 196 g/mol. The average Bonchev–Trinajstić information content (AvgIpc) is 2.49. The summed E-state index contributed by atoms with van der Waals surface area (Å²) < 4.78 is 4.52. The van der Waals surface area contributed by atoms with Crippen LogP contribution in [0.5, 0.6) is 5.95 Å². The van der Waals surface area contributed by atoms with Gasteiger partial charge < -0.3 is 9.63 Å². The first-order valence-electron chi connectivity index (χ1n) is 3.68. The Morgan fingerprint density at radius 3 is 2.46 bits per heavy atom. The predicted octanol–water partition coefficient (Wildman–Crippen LogP) is 2.70. The van der Waals surface area contributed by atoms with Crippen LogP contribution in [0, 0.1) is 0 Å². The van der Waals surface area contributed by atoms with Crippen molar-refractivity contribution in [2.75, 3.05) is 0 Å². The van der Waals surface area contributed by atoms with Gasteiger partial charge in [-0.25, -0.2) is 0 Å². The molecule has 66 valence electrons. The third-order valence-corrected chi connectivity index (χ3v) is 2.01. The highest BCUT2D eigenvalue weighted by Gasteiger charge is 2.13. The van der Waals surface area contributed by atoms with Crippen LogP contribution in [0.2, 0.25) is 5.02 Å². The Morgan fingerprint density at radius 1 is 1.23 bits per heavy atom. The van der Waals surface area contributed by atoms with Crippen LogP contribution in [0.25, 0.3) is 11.3 Å². The van der Waals surface area contributed by atoms with Crippen LogP contribution in [-0.2, 0) is 0 Å². The van der Waals surface area contributed by atoms with Gasteiger partial charge in [-0.2, -0.15) is 0 Å². The van der Waals surface area contributed by atoms with Crippen molar-refractivity contribution in [3.8, 4) is 17.2 Å². The Hall–Kier alpha value is -1.48. The first-order valence-corrected chi connectivity index (χ1v) is 4.06. The largest absolute Gasteiger partial charge is 0.478 e. The second-order valence-electron chi connectivity index (χ2n) is 2.52. The van der Waals surface area contributed by atoms with E-state index in [-0.39, 0.29) is 11.0 Å². The van der Waals surface area contributed by atoms with Gasteiger partial charge in [0.05, 0.1) is 0 Å². The molecule has 2 rings (SSSR count). The van der Waals surface area contributed by atoms with Gasteiger partial charge in [0, 0.05) is 5.56 Å². The Kier molecular flexibility index (Phi) is 1.94. The zero-order valence-corrected chi connectivity index (χ0v) is 7.32. The van der Waals surface area contributed by atoms with E-state index in [1.54, 1.807) is 0 Å². The molecule has 0 aliphatic heterocycles. The SMILES string of the molecule is Oc1onc(-c2ccccc2)c1Cl. The number of nitrogens with zero attached hydrogens (tertiary/aromatic N) is 1. The van der Waals surface area contributed by atoms with E-state index in [0.29, 0.717) is 5.69 Å². The van der Waals surface area contributed by atoms with Crippen molar-refractivity contribution in [2.24, 2.45) is 0 Å². The normalized spacial score (nSPS) is 10.2. The zero-order chi connectivity index (χ0) is 9.26. The van der Waals surface area contributed by atoms with Crippen LogP contribution in [0.1, 0.15) is 0 Å². The molecule has 1 aromatic carbocycles. The van der Waals surface area contributed by atoms with Crippen molar-refractivity contribution in [3.05, 3.63) is 35.4 Å². The minimum atomic E-state index is -0.347. The highest BCUT2D eigenvalue weighted by Crippen LogP contribution is 2.33. The van der Waals surface area contributed by atoms with Crippen LogP contribution in [0.4, 0.5) is 0 Å². The smallest absolute Gasteiger partial charge is 0.328 e. The molecule has 0 saturated carbocycles. The summed E-state index contributed by atoms with van der Waals surface area (Å²) in [6, 6.07) is 9.28. The van der Waals surface area contributed by atoms with E-state index >= 15 is 0 Å². The number of benzene rings is 1. The molecule has 0 fully saturated rings. The molecule has 0 spiro atoms. The van der Waals surface area contributed by atoms with E-state index in [1.807, 2.05) is 30.3 Å². The maximum atomic E-state index is 9.04. The van der Waals surface area contributed by atoms with E-state index in [0.717, 1.165) is 5.56 Å². The van der Waals surface area contributed by atoms with Gasteiger partial charge in [0.1, 0.15) is 5.69 Å².